The monoisotopic (exact) mass is 416 g/mol. The molecule has 0 saturated heterocycles. The molecule has 6 heteroatoms. The van der Waals surface area contributed by atoms with Gasteiger partial charge in [0.1, 0.15) is 0 Å². The first kappa shape index (κ1) is 15.5. The van der Waals surface area contributed by atoms with Crippen molar-refractivity contribution < 1.29 is 4.79 Å². The summed E-state index contributed by atoms with van der Waals surface area (Å²) < 4.78 is 1.79. The number of halogens is 2. The van der Waals surface area contributed by atoms with Gasteiger partial charge in [0.15, 0.2) is 0 Å². The van der Waals surface area contributed by atoms with E-state index in [0.717, 1.165) is 13.1 Å². The van der Waals surface area contributed by atoms with Gasteiger partial charge < -0.3 is 10.6 Å². The molecule has 2 N–H and O–H groups in total. The number of nitrogens with zero attached hydrogens (tertiary/aromatic N) is 1. The molecule has 0 saturated carbocycles. The minimum absolute atomic E-state index is 0.0174. The number of carbonyl (C=O) groups is 1. The molecule has 0 unspecified atom stereocenters. The van der Waals surface area contributed by atoms with Crippen LogP contribution in [0, 0.1) is 0 Å². The van der Waals surface area contributed by atoms with Crippen LogP contribution in [0.2, 0.25) is 0 Å². The summed E-state index contributed by atoms with van der Waals surface area (Å²) in [6.07, 6.45) is 0. The molecule has 3 nitrogen and oxygen atoms in total. The van der Waals surface area contributed by atoms with E-state index in [-0.39, 0.29) is 5.91 Å². The molecule has 1 aromatic heterocycles. The van der Waals surface area contributed by atoms with E-state index < -0.39 is 0 Å². The Bertz CT molecular complexity index is 627. The fourth-order valence-corrected chi connectivity index (χ4v) is 4.67. The van der Waals surface area contributed by atoms with Gasteiger partial charge in [0.2, 0.25) is 0 Å². The van der Waals surface area contributed by atoms with E-state index in [9.17, 15) is 4.79 Å². The van der Waals surface area contributed by atoms with Gasteiger partial charge in [-0.2, -0.15) is 0 Å². The van der Waals surface area contributed by atoms with E-state index in [1.165, 1.54) is 11.3 Å². The van der Waals surface area contributed by atoms with Crippen LogP contribution in [0.4, 0.5) is 5.69 Å². The second-order valence-electron chi connectivity index (χ2n) is 4.30. The summed E-state index contributed by atoms with van der Waals surface area (Å²) in [5, 5.41) is 0. The molecule has 1 amide bonds. The van der Waals surface area contributed by atoms with Crippen LogP contribution in [-0.4, -0.2) is 17.4 Å². The smallest absolute Gasteiger partial charge is 0.256 e. The predicted octanol–water partition coefficient (Wildman–Crippen LogP) is 4.52. The highest BCUT2D eigenvalue weighted by Crippen LogP contribution is 2.32. The Kier molecular flexibility index (Phi) is 5.23. The first-order valence-corrected chi connectivity index (χ1v) is 8.50. The summed E-state index contributed by atoms with van der Waals surface area (Å²) in [4.78, 5) is 14.3. The van der Waals surface area contributed by atoms with Gasteiger partial charge in [-0.3, -0.25) is 4.79 Å². The van der Waals surface area contributed by atoms with Crippen molar-refractivity contribution in [3.05, 3.63) is 49.0 Å². The number of carbonyl (C=O) groups excluding carboxylic acids is 1. The van der Waals surface area contributed by atoms with Crippen molar-refractivity contribution in [1.82, 2.24) is 4.90 Å². The zero-order valence-corrected chi connectivity index (χ0v) is 14.9. The standard InChI is InChI=1S/C14H14Br2N2OS/c1-2-18(8-9-4-3-5-10(17)6-9)14(19)11-7-12(15)20-13(11)16/h3-7H,2,8,17H2,1H3. The summed E-state index contributed by atoms with van der Waals surface area (Å²) >= 11 is 8.33. The molecule has 2 aromatic rings. The first-order valence-electron chi connectivity index (χ1n) is 6.09. The van der Waals surface area contributed by atoms with Crippen LogP contribution in [0.5, 0.6) is 0 Å². The van der Waals surface area contributed by atoms with Gasteiger partial charge in [-0.15, -0.1) is 11.3 Å². The molecule has 0 atom stereocenters. The SMILES string of the molecule is CCN(Cc1cccc(N)c1)C(=O)c1cc(Br)sc1Br. The van der Waals surface area contributed by atoms with Crippen molar-refractivity contribution in [1.29, 1.82) is 0 Å². The minimum Gasteiger partial charge on any atom is -0.399 e. The Labute approximate surface area is 139 Å². The molecule has 1 heterocycles. The molecule has 20 heavy (non-hydrogen) atoms. The fraction of sp³-hybridized carbons (Fsp3) is 0.214. The lowest BCUT2D eigenvalue weighted by Gasteiger charge is -2.21. The fourth-order valence-electron chi connectivity index (χ4n) is 1.90. The Morgan fingerprint density at radius 3 is 2.65 bits per heavy atom. The molecule has 106 valence electrons. The van der Waals surface area contributed by atoms with E-state index in [0.29, 0.717) is 24.3 Å². The van der Waals surface area contributed by atoms with Gasteiger partial charge in [0.05, 0.1) is 13.1 Å². The quantitative estimate of drug-likeness (QED) is 0.743. The van der Waals surface area contributed by atoms with Gasteiger partial charge in [-0.1, -0.05) is 12.1 Å². The average molecular weight is 418 g/mol. The van der Waals surface area contributed by atoms with E-state index in [4.69, 9.17) is 5.73 Å². The minimum atomic E-state index is 0.0174. The molecule has 0 radical (unpaired) electrons. The van der Waals surface area contributed by atoms with Crippen LogP contribution in [0.1, 0.15) is 22.8 Å². The summed E-state index contributed by atoms with van der Waals surface area (Å²) in [7, 11) is 0. The number of anilines is 1. The molecule has 0 fully saturated rings. The Morgan fingerprint density at radius 2 is 2.10 bits per heavy atom. The molecule has 0 aliphatic rings. The van der Waals surface area contributed by atoms with Crippen molar-refractivity contribution in [2.45, 2.75) is 13.5 Å². The highest BCUT2D eigenvalue weighted by atomic mass is 79.9. The molecule has 2 rings (SSSR count). The van der Waals surface area contributed by atoms with Crippen molar-refractivity contribution in [2.75, 3.05) is 12.3 Å². The lowest BCUT2D eigenvalue weighted by molar-refractivity contribution is 0.0752. The topological polar surface area (TPSA) is 46.3 Å². The highest BCUT2D eigenvalue weighted by molar-refractivity contribution is 9.12. The third kappa shape index (κ3) is 3.62. The van der Waals surface area contributed by atoms with E-state index in [2.05, 4.69) is 31.9 Å². The lowest BCUT2D eigenvalue weighted by atomic mass is 10.2. The summed E-state index contributed by atoms with van der Waals surface area (Å²) in [5.74, 6) is 0.0174. The summed E-state index contributed by atoms with van der Waals surface area (Å²) in [5.41, 5.74) is 8.21. The number of amides is 1. The van der Waals surface area contributed by atoms with Gasteiger partial charge in [-0.05, 0) is 62.5 Å². The Morgan fingerprint density at radius 1 is 1.35 bits per heavy atom. The number of benzene rings is 1. The average Bonchev–Trinajstić information content (AvgIpc) is 2.74. The molecular formula is C14H14Br2N2OS. The molecule has 0 aliphatic carbocycles. The van der Waals surface area contributed by atoms with Crippen molar-refractivity contribution in [3.8, 4) is 0 Å². The maximum Gasteiger partial charge on any atom is 0.256 e. The van der Waals surface area contributed by atoms with E-state index >= 15 is 0 Å². The van der Waals surface area contributed by atoms with Crippen LogP contribution in [0.15, 0.2) is 37.9 Å². The lowest BCUT2D eigenvalue weighted by Crippen LogP contribution is -2.30. The van der Waals surface area contributed by atoms with Crippen molar-refractivity contribution >= 4 is 54.8 Å². The van der Waals surface area contributed by atoms with Crippen LogP contribution < -0.4 is 5.73 Å². The zero-order valence-electron chi connectivity index (χ0n) is 10.9. The highest BCUT2D eigenvalue weighted by Gasteiger charge is 2.19. The second kappa shape index (κ2) is 6.74. The number of hydrogen-bond acceptors (Lipinski definition) is 3. The number of hydrogen-bond donors (Lipinski definition) is 1. The van der Waals surface area contributed by atoms with Gasteiger partial charge >= 0.3 is 0 Å². The van der Waals surface area contributed by atoms with Crippen molar-refractivity contribution in [3.63, 3.8) is 0 Å². The third-order valence-electron chi connectivity index (χ3n) is 2.88. The normalized spacial score (nSPS) is 10.6. The predicted molar refractivity (Wildman–Crippen MR) is 91.0 cm³/mol. The van der Waals surface area contributed by atoms with Gasteiger partial charge in [-0.25, -0.2) is 0 Å². The molecular weight excluding hydrogens is 404 g/mol. The molecule has 0 bridgehead atoms. The summed E-state index contributed by atoms with van der Waals surface area (Å²) in [6.45, 7) is 3.17. The van der Waals surface area contributed by atoms with Crippen molar-refractivity contribution in [2.24, 2.45) is 0 Å². The maximum atomic E-state index is 12.5. The number of nitrogens with two attached hydrogens (primary N) is 1. The Hall–Kier alpha value is -0.850. The van der Waals surface area contributed by atoms with E-state index in [1.54, 1.807) is 4.90 Å². The number of thiophene rings is 1. The van der Waals surface area contributed by atoms with Crippen LogP contribution in [-0.2, 0) is 6.54 Å². The largest absolute Gasteiger partial charge is 0.399 e. The second-order valence-corrected chi connectivity index (χ2v) is 8.05. The first-order chi connectivity index (χ1) is 9.51. The van der Waals surface area contributed by atoms with Crippen LogP contribution in [0.25, 0.3) is 0 Å². The number of rotatable bonds is 4. The zero-order chi connectivity index (χ0) is 14.7. The van der Waals surface area contributed by atoms with Gasteiger partial charge in [0.25, 0.3) is 5.91 Å². The molecule has 1 aromatic carbocycles. The van der Waals surface area contributed by atoms with Gasteiger partial charge in [0, 0.05) is 18.8 Å². The molecule has 0 aliphatic heterocycles. The number of nitrogen functional groups attached to an aromatic ring is 1. The maximum absolute atomic E-state index is 12.5. The summed E-state index contributed by atoms with van der Waals surface area (Å²) in [6, 6.07) is 9.47. The van der Waals surface area contributed by atoms with Crippen LogP contribution in [0.3, 0.4) is 0 Å². The third-order valence-corrected chi connectivity index (χ3v) is 5.22. The van der Waals surface area contributed by atoms with E-state index in [1.807, 2.05) is 37.3 Å². The van der Waals surface area contributed by atoms with Crippen LogP contribution >= 0.6 is 43.2 Å². The Balaban J connectivity index is 2.20. The molecule has 0 spiro atoms.